The van der Waals surface area contributed by atoms with Crippen LogP contribution < -0.4 is 0 Å². The van der Waals surface area contributed by atoms with E-state index in [0.717, 1.165) is 42.9 Å². The molecule has 0 N–H and O–H groups in total. The van der Waals surface area contributed by atoms with Crippen molar-refractivity contribution in [2.45, 2.75) is 51.9 Å². The highest BCUT2D eigenvalue weighted by Crippen LogP contribution is 2.58. The third kappa shape index (κ3) is 5.20. The Morgan fingerprint density at radius 2 is 1.64 bits per heavy atom. The molecule has 0 aromatic rings. The minimum atomic E-state index is -0.327. The second-order valence-corrected chi connectivity index (χ2v) is 7.42. The summed E-state index contributed by atoms with van der Waals surface area (Å²) >= 11 is 0. The van der Waals surface area contributed by atoms with Gasteiger partial charge in [0.15, 0.2) is 0 Å². The molecular weight excluding hydrogens is 316 g/mol. The number of hydrogen-bond donors (Lipinski definition) is 0. The van der Waals surface area contributed by atoms with Gasteiger partial charge in [0.25, 0.3) is 0 Å². The van der Waals surface area contributed by atoms with Crippen molar-refractivity contribution in [1.82, 2.24) is 0 Å². The van der Waals surface area contributed by atoms with Crippen LogP contribution in [0.3, 0.4) is 0 Å². The molecule has 0 saturated heterocycles. The van der Waals surface area contributed by atoms with Gasteiger partial charge >= 0.3 is 11.9 Å². The smallest absolute Gasteiger partial charge is 0.330 e. The Labute approximate surface area is 151 Å². The van der Waals surface area contributed by atoms with Crippen LogP contribution >= 0.6 is 0 Å². The predicted octanol–water partition coefficient (Wildman–Crippen LogP) is 4.30. The number of fused-ring (bicyclic) bond motifs is 2. The topological polar surface area (TPSA) is 52.6 Å². The Morgan fingerprint density at radius 3 is 2.28 bits per heavy atom. The van der Waals surface area contributed by atoms with Crippen molar-refractivity contribution in [3.63, 3.8) is 0 Å². The fraction of sp³-hybridized carbons (Fsp3) is 0.714. The molecule has 25 heavy (non-hydrogen) atoms. The molecule has 2 bridgehead atoms. The summed E-state index contributed by atoms with van der Waals surface area (Å²) in [6, 6.07) is 0. The van der Waals surface area contributed by atoms with E-state index in [4.69, 9.17) is 9.47 Å². The van der Waals surface area contributed by atoms with Crippen LogP contribution in [-0.4, -0.2) is 25.2 Å². The zero-order valence-corrected chi connectivity index (χ0v) is 15.5. The predicted molar refractivity (Wildman–Crippen MR) is 97.8 cm³/mol. The molecule has 5 unspecified atom stereocenters. The van der Waals surface area contributed by atoms with E-state index in [0.29, 0.717) is 19.1 Å². The molecule has 0 aliphatic heterocycles. The van der Waals surface area contributed by atoms with Gasteiger partial charge in [-0.25, -0.2) is 9.59 Å². The molecule has 2 saturated carbocycles. The van der Waals surface area contributed by atoms with Gasteiger partial charge in [-0.15, -0.1) is 0 Å². The first-order valence-corrected chi connectivity index (χ1v) is 9.69. The number of esters is 2. The average Bonchev–Trinajstić information content (AvgIpc) is 3.18. The summed E-state index contributed by atoms with van der Waals surface area (Å²) in [6.07, 6.45) is 10.6. The highest BCUT2D eigenvalue weighted by atomic mass is 16.5. The zero-order valence-electron chi connectivity index (χ0n) is 15.5. The number of rotatable bonds is 11. The monoisotopic (exact) mass is 348 g/mol. The molecule has 2 fully saturated rings. The van der Waals surface area contributed by atoms with Crippen LogP contribution in [0.2, 0.25) is 0 Å². The van der Waals surface area contributed by atoms with E-state index in [2.05, 4.69) is 20.1 Å². The lowest BCUT2D eigenvalue weighted by Crippen LogP contribution is -2.28. The number of ether oxygens (including phenoxy) is 2. The molecule has 0 heterocycles. The van der Waals surface area contributed by atoms with Gasteiger partial charge in [-0.1, -0.05) is 26.5 Å². The molecule has 0 aromatic carbocycles. The molecule has 0 amide bonds. The van der Waals surface area contributed by atoms with E-state index >= 15 is 0 Å². The highest BCUT2D eigenvalue weighted by Gasteiger charge is 2.50. The molecule has 5 atom stereocenters. The highest BCUT2D eigenvalue weighted by molar-refractivity contribution is 5.81. The maximum Gasteiger partial charge on any atom is 0.330 e. The van der Waals surface area contributed by atoms with Crippen LogP contribution in [0.15, 0.2) is 25.3 Å². The van der Waals surface area contributed by atoms with Crippen molar-refractivity contribution in [2.24, 2.45) is 29.6 Å². The van der Waals surface area contributed by atoms with Gasteiger partial charge in [0.05, 0.1) is 13.2 Å². The first-order chi connectivity index (χ1) is 12.1. The van der Waals surface area contributed by atoms with Crippen LogP contribution in [0, 0.1) is 29.6 Å². The Bertz CT molecular complexity index is 484. The quantitative estimate of drug-likeness (QED) is 0.317. The molecule has 4 nitrogen and oxygen atoms in total. The van der Waals surface area contributed by atoms with Crippen molar-refractivity contribution in [2.75, 3.05) is 13.2 Å². The molecule has 2 aliphatic carbocycles. The molecule has 0 aromatic heterocycles. The van der Waals surface area contributed by atoms with Crippen LogP contribution in [0.1, 0.15) is 51.9 Å². The van der Waals surface area contributed by atoms with E-state index in [1.807, 2.05) is 0 Å². The van der Waals surface area contributed by atoms with Crippen molar-refractivity contribution < 1.29 is 19.1 Å². The standard InChI is InChI=1S/C21H32O4/c1-4-17-18(9-7-8-11-24-20(22)5-2)16-13-15(19(17)14-16)10-12-25-21(23)6-3/h5-6,15-19H,2-4,7-14H2,1H3. The minimum Gasteiger partial charge on any atom is -0.463 e. The minimum absolute atomic E-state index is 0.315. The Kier molecular flexibility index (Phi) is 7.73. The second-order valence-electron chi connectivity index (χ2n) is 7.42. The summed E-state index contributed by atoms with van der Waals surface area (Å²) in [4.78, 5) is 22.2. The van der Waals surface area contributed by atoms with Gasteiger partial charge in [0, 0.05) is 12.2 Å². The van der Waals surface area contributed by atoms with Crippen molar-refractivity contribution in [1.29, 1.82) is 0 Å². The molecule has 0 spiro atoms. The van der Waals surface area contributed by atoms with Gasteiger partial charge in [0.2, 0.25) is 0 Å². The maximum absolute atomic E-state index is 11.2. The number of unbranched alkanes of at least 4 members (excludes halogenated alkanes) is 1. The molecule has 2 aliphatic rings. The summed E-state index contributed by atoms with van der Waals surface area (Å²) in [5.74, 6) is 3.30. The lowest BCUT2D eigenvalue weighted by atomic mass is 9.70. The molecule has 140 valence electrons. The van der Waals surface area contributed by atoms with E-state index in [1.54, 1.807) is 0 Å². The molecular formula is C21H32O4. The van der Waals surface area contributed by atoms with Crippen LogP contribution in [0.5, 0.6) is 0 Å². The van der Waals surface area contributed by atoms with E-state index in [1.165, 1.54) is 37.8 Å². The third-order valence-corrected chi connectivity index (χ3v) is 6.21. The number of carbonyl (C=O) groups is 2. The largest absolute Gasteiger partial charge is 0.463 e. The normalized spacial score (nSPS) is 30.0. The van der Waals surface area contributed by atoms with Gasteiger partial charge < -0.3 is 9.47 Å². The van der Waals surface area contributed by atoms with Crippen molar-refractivity contribution in [3.8, 4) is 0 Å². The zero-order chi connectivity index (χ0) is 18.2. The van der Waals surface area contributed by atoms with E-state index < -0.39 is 0 Å². The first-order valence-electron chi connectivity index (χ1n) is 9.69. The summed E-state index contributed by atoms with van der Waals surface area (Å²) in [7, 11) is 0. The van der Waals surface area contributed by atoms with Crippen molar-refractivity contribution in [3.05, 3.63) is 25.3 Å². The van der Waals surface area contributed by atoms with Crippen LogP contribution in [0.25, 0.3) is 0 Å². The number of hydrogen-bond acceptors (Lipinski definition) is 4. The first kappa shape index (κ1) is 19.7. The second kappa shape index (κ2) is 9.79. The SMILES string of the molecule is C=CC(=O)OCCCCC1C2CC(CCOC(=O)C=C)C(C2)C1CC. The Morgan fingerprint density at radius 1 is 0.960 bits per heavy atom. The summed E-state index contributed by atoms with van der Waals surface area (Å²) in [6.45, 7) is 10.2. The van der Waals surface area contributed by atoms with Crippen LogP contribution in [0.4, 0.5) is 0 Å². The summed E-state index contributed by atoms with van der Waals surface area (Å²) in [5.41, 5.74) is 0. The van der Waals surface area contributed by atoms with Crippen LogP contribution in [-0.2, 0) is 19.1 Å². The van der Waals surface area contributed by atoms with Crippen molar-refractivity contribution >= 4 is 11.9 Å². The maximum atomic E-state index is 11.2. The average molecular weight is 348 g/mol. The fourth-order valence-corrected chi connectivity index (χ4v) is 5.21. The Hall–Kier alpha value is -1.58. The number of carbonyl (C=O) groups excluding carboxylic acids is 2. The van der Waals surface area contributed by atoms with Gasteiger partial charge in [-0.05, 0) is 68.1 Å². The summed E-state index contributed by atoms with van der Waals surface area (Å²) < 4.78 is 10.2. The summed E-state index contributed by atoms with van der Waals surface area (Å²) in [5, 5.41) is 0. The van der Waals surface area contributed by atoms with Gasteiger partial charge in [-0.2, -0.15) is 0 Å². The Balaban J connectivity index is 1.71. The van der Waals surface area contributed by atoms with E-state index in [-0.39, 0.29) is 11.9 Å². The fourth-order valence-electron chi connectivity index (χ4n) is 5.21. The molecule has 2 rings (SSSR count). The van der Waals surface area contributed by atoms with Gasteiger partial charge in [0.1, 0.15) is 0 Å². The third-order valence-electron chi connectivity index (χ3n) is 6.21. The molecule has 0 radical (unpaired) electrons. The lowest BCUT2D eigenvalue weighted by molar-refractivity contribution is -0.139. The van der Waals surface area contributed by atoms with E-state index in [9.17, 15) is 9.59 Å². The lowest BCUT2D eigenvalue weighted by Gasteiger charge is -2.35. The molecule has 4 heteroatoms. The van der Waals surface area contributed by atoms with Gasteiger partial charge in [-0.3, -0.25) is 0 Å².